The Morgan fingerprint density at radius 1 is 1.50 bits per heavy atom. The maximum atomic E-state index is 11.4. The van der Waals surface area contributed by atoms with E-state index in [1.807, 2.05) is 25.1 Å². The van der Waals surface area contributed by atoms with Gasteiger partial charge in [-0.1, -0.05) is 28.1 Å². The van der Waals surface area contributed by atoms with Crippen LogP contribution in [0.5, 0.6) is 0 Å². The number of nitrogens with one attached hydrogen (secondary N) is 1. The summed E-state index contributed by atoms with van der Waals surface area (Å²) in [5.74, 6) is 0.0865. The molecule has 0 spiro atoms. The van der Waals surface area contributed by atoms with Crippen molar-refractivity contribution in [3.8, 4) is 0 Å². The van der Waals surface area contributed by atoms with Crippen LogP contribution in [0.25, 0.3) is 0 Å². The number of amides is 1. The molecule has 0 bridgehead atoms. The third kappa shape index (κ3) is 2.28. The number of carbonyl (C=O) groups excluding carboxylic acids is 1. The highest BCUT2D eigenvalue weighted by atomic mass is 79.9. The van der Waals surface area contributed by atoms with E-state index in [0.717, 1.165) is 16.5 Å². The van der Waals surface area contributed by atoms with Gasteiger partial charge in [-0.15, -0.1) is 0 Å². The average molecular weight is 283 g/mol. The second-order valence-electron chi connectivity index (χ2n) is 4.26. The fraction of sp³-hybridized carbons (Fsp3) is 0.417. The lowest BCUT2D eigenvalue weighted by atomic mass is 9.92. The lowest BCUT2D eigenvalue weighted by Gasteiger charge is -2.30. The van der Waals surface area contributed by atoms with Crippen molar-refractivity contribution in [1.29, 1.82) is 0 Å². The molecule has 0 aliphatic carbocycles. The predicted molar refractivity (Wildman–Crippen MR) is 67.0 cm³/mol. The van der Waals surface area contributed by atoms with E-state index in [-0.39, 0.29) is 18.0 Å². The Bertz CT molecular complexity index is 419. The minimum absolute atomic E-state index is 0.00676. The molecule has 0 radical (unpaired) electrons. The van der Waals surface area contributed by atoms with Crippen molar-refractivity contribution in [3.05, 3.63) is 33.8 Å². The van der Waals surface area contributed by atoms with E-state index in [2.05, 4.69) is 21.2 Å². The van der Waals surface area contributed by atoms with E-state index < -0.39 is 0 Å². The Morgan fingerprint density at radius 3 is 2.94 bits per heavy atom. The topological polar surface area (TPSA) is 55.1 Å². The van der Waals surface area contributed by atoms with Crippen molar-refractivity contribution in [1.82, 2.24) is 5.32 Å². The molecule has 1 aliphatic rings. The number of piperidine rings is 1. The van der Waals surface area contributed by atoms with E-state index >= 15 is 0 Å². The molecule has 1 aromatic carbocycles. The third-order valence-corrected chi connectivity index (χ3v) is 3.86. The molecule has 1 amide bonds. The molecule has 1 saturated heterocycles. The lowest BCUT2D eigenvalue weighted by Crippen LogP contribution is -2.45. The smallest absolute Gasteiger partial charge is 0.220 e. The SMILES string of the molecule is Cc1ccc(C2NC(=O)CCC2N)cc1Br. The van der Waals surface area contributed by atoms with Crippen LogP contribution in [0.3, 0.4) is 0 Å². The molecule has 2 rings (SSSR count). The van der Waals surface area contributed by atoms with Gasteiger partial charge in [-0.3, -0.25) is 4.79 Å². The second-order valence-corrected chi connectivity index (χ2v) is 5.11. The zero-order chi connectivity index (χ0) is 11.7. The fourth-order valence-electron chi connectivity index (χ4n) is 1.95. The second kappa shape index (κ2) is 4.55. The first-order valence-corrected chi connectivity index (χ1v) is 6.18. The van der Waals surface area contributed by atoms with Gasteiger partial charge in [0.15, 0.2) is 0 Å². The summed E-state index contributed by atoms with van der Waals surface area (Å²) in [5, 5.41) is 2.94. The van der Waals surface area contributed by atoms with Gasteiger partial charge in [0.2, 0.25) is 5.91 Å². The first-order chi connectivity index (χ1) is 7.58. The van der Waals surface area contributed by atoms with Crippen molar-refractivity contribution >= 4 is 21.8 Å². The summed E-state index contributed by atoms with van der Waals surface area (Å²) in [7, 11) is 0. The van der Waals surface area contributed by atoms with E-state index in [9.17, 15) is 4.79 Å². The number of hydrogen-bond acceptors (Lipinski definition) is 2. The van der Waals surface area contributed by atoms with Gasteiger partial charge in [-0.25, -0.2) is 0 Å². The van der Waals surface area contributed by atoms with Crippen molar-refractivity contribution < 1.29 is 4.79 Å². The standard InChI is InChI=1S/C12H15BrN2O/c1-7-2-3-8(6-9(7)13)12-10(14)4-5-11(16)15-12/h2-3,6,10,12H,4-5,14H2,1H3,(H,15,16). The maximum absolute atomic E-state index is 11.4. The van der Waals surface area contributed by atoms with Crippen molar-refractivity contribution in [2.24, 2.45) is 5.73 Å². The molecular formula is C12H15BrN2O. The van der Waals surface area contributed by atoms with Crippen LogP contribution in [-0.2, 0) is 4.79 Å². The van der Waals surface area contributed by atoms with Crippen LogP contribution in [0, 0.1) is 6.92 Å². The van der Waals surface area contributed by atoms with Gasteiger partial charge in [0.25, 0.3) is 0 Å². The summed E-state index contributed by atoms with van der Waals surface area (Å²) < 4.78 is 1.05. The minimum atomic E-state index is -0.0573. The number of aryl methyl sites for hydroxylation is 1. The molecule has 2 unspecified atom stereocenters. The summed E-state index contributed by atoms with van der Waals surface area (Å²) in [6, 6.07) is 6.04. The number of halogens is 1. The van der Waals surface area contributed by atoms with Crippen LogP contribution in [0.4, 0.5) is 0 Å². The molecule has 0 aromatic heterocycles. The van der Waals surface area contributed by atoms with Gasteiger partial charge in [0, 0.05) is 16.9 Å². The summed E-state index contributed by atoms with van der Waals surface area (Å²) >= 11 is 3.49. The Balaban J connectivity index is 2.28. The lowest BCUT2D eigenvalue weighted by molar-refractivity contribution is -0.123. The Kier molecular flexibility index (Phi) is 3.30. The number of hydrogen-bond donors (Lipinski definition) is 2. The molecule has 86 valence electrons. The van der Waals surface area contributed by atoms with E-state index in [4.69, 9.17) is 5.73 Å². The Hall–Kier alpha value is -0.870. The first-order valence-electron chi connectivity index (χ1n) is 5.39. The summed E-state index contributed by atoms with van der Waals surface area (Å²) in [4.78, 5) is 11.4. The molecular weight excluding hydrogens is 268 g/mol. The number of benzene rings is 1. The molecule has 3 nitrogen and oxygen atoms in total. The van der Waals surface area contributed by atoms with Gasteiger partial charge >= 0.3 is 0 Å². The van der Waals surface area contributed by atoms with Crippen LogP contribution >= 0.6 is 15.9 Å². The average Bonchev–Trinajstić information content (AvgIpc) is 2.26. The van der Waals surface area contributed by atoms with E-state index in [0.29, 0.717) is 6.42 Å². The van der Waals surface area contributed by atoms with E-state index in [1.165, 1.54) is 5.56 Å². The largest absolute Gasteiger partial charge is 0.348 e. The van der Waals surface area contributed by atoms with Crippen LogP contribution in [0.2, 0.25) is 0 Å². The van der Waals surface area contributed by atoms with Gasteiger partial charge in [0.05, 0.1) is 6.04 Å². The van der Waals surface area contributed by atoms with Crippen molar-refractivity contribution in [2.75, 3.05) is 0 Å². The zero-order valence-corrected chi connectivity index (χ0v) is 10.8. The molecule has 0 saturated carbocycles. The number of rotatable bonds is 1. The summed E-state index contributed by atoms with van der Waals surface area (Å²) in [6.45, 7) is 2.03. The number of carbonyl (C=O) groups is 1. The molecule has 1 fully saturated rings. The highest BCUT2D eigenvalue weighted by molar-refractivity contribution is 9.10. The molecule has 16 heavy (non-hydrogen) atoms. The molecule has 3 N–H and O–H groups in total. The minimum Gasteiger partial charge on any atom is -0.348 e. The van der Waals surface area contributed by atoms with Crippen LogP contribution in [-0.4, -0.2) is 11.9 Å². The highest BCUT2D eigenvalue weighted by Crippen LogP contribution is 2.26. The zero-order valence-electron chi connectivity index (χ0n) is 9.16. The molecule has 1 heterocycles. The molecule has 2 atom stereocenters. The maximum Gasteiger partial charge on any atom is 0.220 e. The van der Waals surface area contributed by atoms with Crippen LogP contribution < -0.4 is 11.1 Å². The summed E-state index contributed by atoms with van der Waals surface area (Å²) in [6.07, 6.45) is 1.28. The van der Waals surface area contributed by atoms with Gasteiger partial charge < -0.3 is 11.1 Å². The third-order valence-electron chi connectivity index (χ3n) is 3.00. The molecule has 4 heteroatoms. The molecule has 1 aromatic rings. The van der Waals surface area contributed by atoms with Crippen molar-refractivity contribution in [2.45, 2.75) is 31.8 Å². The highest BCUT2D eigenvalue weighted by Gasteiger charge is 2.27. The van der Waals surface area contributed by atoms with Gasteiger partial charge in [-0.2, -0.15) is 0 Å². The van der Waals surface area contributed by atoms with E-state index in [1.54, 1.807) is 0 Å². The predicted octanol–water partition coefficient (Wildman–Crippen LogP) is 2.04. The number of nitrogens with two attached hydrogens (primary N) is 1. The van der Waals surface area contributed by atoms with Crippen LogP contribution in [0.1, 0.15) is 30.0 Å². The summed E-state index contributed by atoms with van der Waals surface area (Å²) in [5.41, 5.74) is 8.28. The monoisotopic (exact) mass is 282 g/mol. The van der Waals surface area contributed by atoms with Gasteiger partial charge in [-0.05, 0) is 30.5 Å². The fourth-order valence-corrected chi connectivity index (χ4v) is 2.35. The Morgan fingerprint density at radius 2 is 2.25 bits per heavy atom. The van der Waals surface area contributed by atoms with Crippen molar-refractivity contribution in [3.63, 3.8) is 0 Å². The first kappa shape index (κ1) is 11.6. The Labute approximate surface area is 104 Å². The normalized spacial score (nSPS) is 25.3. The van der Waals surface area contributed by atoms with Crippen LogP contribution in [0.15, 0.2) is 22.7 Å². The quantitative estimate of drug-likeness (QED) is 0.828. The van der Waals surface area contributed by atoms with Gasteiger partial charge in [0.1, 0.15) is 0 Å². The molecule has 1 aliphatic heterocycles.